The monoisotopic (exact) mass is 404 g/mol. The van der Waals surface area contributed by atoms with Crippen molar-refractivity contribution in [3.63, 3.8) is 0 Å². The van der Waals surface area contributed by atoms with Crippen molar-refractivity contribution in [2.24, 2.45) is 11.3 Å². The third kappa shape index (κ3) is 2.34. The first kappa shape index (κ1) is 19.0. The van der Waals surface area contributed by atoms with Crippen molar-refractivity contribution < 1.29 is 9.00 Å². The van der Waals surface area contributed by atoms with Crippen molar-refractivity contribution in [2.75, 3.05) is 0 Å². The lowest BCUT2D eigenvalue weighted by Crippen LogP contribution is -2.46. The number of rotatable bonds is 5. The fourth-order valence-corrected chi connectivity index (χ4v) is 9.62. The summed E-state index contributed by atoms with van der Waals surface area (Å²) in [4.78, 5) is 12.9. The average Bonchev–Trinajstić information content (AvgIpc) is 3.46. The molecule has 1 aliphatic carbocycles. The predicted molar refractivity (Wildman–Crippen MR) is 118 cm³/mol. The second-order valence-corrected chi connectivity index (χ2v) is 11.6. The summed E-state index contributed by atoms with van der Waals surface area (Å²) in [5, 5.41) is 0. The normalized spacial score (nSPS) is 34.0. The lowest BCUT2D eigenvalue weighted by molar-refractivity contribution is -0.123. The van der Waals surface area contributed by atoms with Crippen LogP contribution in [-0.2, 0) is 28.4 Å². The Morgan fingerprint density at radius 2 is 1.38 bits per heavy atom. The topological polar surface area (TPSA) is 34.1 Å². The first-order chi connectivity index (χ1) is 13.9. The van der Waals surface area contributed by atoms with Crippen LogP contribution >= 0.6 is 0 Å². The molecule has 2 fully saturated rings. The number of hydrogen-bond donors (Lipinski definition) is 0. The number of benzene rings is 2. The van der Waals surface area contributed by atoms with Gasteiger partial charge in [0.25, 0.3) is 0 Å². The van der Waals surface area contributed by atoms with Gasteiger partial charge >= 0.3 is 0 Å². The van der Waals surface area contributed by atoms with E-state index >= 15 is 0 Å². The largest absolute Gasteiger partial charge is 0.300 e. The Kier molecular flexibility index (Phi) is 4.09. The van der Waals surface area contributed by atoms with Crippen LogP contribution in [0, 0.1) is 11.3 Å². The highest BCUT2D eigenvalue weighted by atomic mass is 32.2. The third-order valence-electron chi connectivity index (χ3n) is 7.99. The summed E-state index contributed by atoms with van der Waals surface area (Å²) < 4.78 is 13.1. The van der Waals surface area contributed by atoms with Crippen LogP contribution in [-0.4, -0.2) is 19.5 Å². The summed E-state index contributed by atoms with van der Waals surface area (Å²) in [5.41, 5.74) is 4.98. The molecule has 150 valence electrons. The SMILES string of the molecule is CC(=O)C1C2(CC2)[C@@]2(C)C(Cc3ccccc3)=C(Cc3ccccc3)[C@]1(C)S2=O. The Labute approximate surface area is 175 Å². The molecule has 2 aliphatic heterocycles. The molecule has 2 bridgehead atoms. The summed E-state index contributed by atoms with van der Waals surface area (Å²) in [6, 6.07) is 21.0. The molecule has 2 aromatic carbocycles. The van der Waals surface area contributed by atoms with Crippen LogP contribution in [0.15, 0.2) is 71.8 Å². The van der Waals surface area contributed by atoms with Crippen LogP contribution in [0.25, 0.3) is 0 Å². The lowest BCUT2D eigenvalue weighted by Gasteiger charge is -2.41. The molecule has 3 heteroatoms. The van der Waals surface area contributed by atoms with Gasteiger partial charge in [-0.25, -0.2) is 0 Å². The molecule has 29 heavy (non-hydrogen) atoms. The van der Waals surface area contributed by atoms with Gasteiger partial charge in [-0.2, -0.15) is 0 Å². The third-order valence-corrected chi connectivity index (χ3v) is 10.6. The number of ketones is 1. The van der Waals surface area contributed by atoms with E-state index < -0.39 is 20.3 Å². The quantitative estimate of drug-likeness (QED) is 0.654. The van der Waals surface area contributed by atoms with Gasteiger partial charge in [-0.1, -0.05) is 60.7 Å². The standard InChI is InChI=1S/C26H28O2S/c1-18(27)23-24(2)21(16-19-10-6-4-7-11-19)22(17-20-12-8-5-9-13-20)25(3,29(24)28)26(23)14-15-26/h4-13,23H,14-17H2,1-3H3/t23?,24-,25+,29?/m0/s1. The van der Waals surface area contributed by atoms with Crippen LogP contribution in [0.3, 0.4) is 0 Å². The zero-order valence-corrected chi connectivity index (χ0v) is 18.2. The summed E-state index contributed by atoms with van der Waals surface area (Å²) in [7, 11) is -1.09. The zero-order chi connectivity index (χ0) is 20.4. The highest BCUT2D eigenvalue weighted by Gasteiger charge is 2.81. The molecule has 2 aromatic rings. The zero-order valence-electron chi connectivity index (χ0n) is 17.4. The summed E-state index contributed by atoms with van der Waals surface area (Å²) in [5.74, 6) is 0.0884. The smallest absolute Gasteiger partial charge is 0.135 e. The van der Waals surface area contributed by atoms with E-state index in [1.54, 1.807) is 6.92 Å². The van der Waals surface area contributed by atoms with Gasteiger partial charge in [0.1, 0.15) is 5.78 Å². The maximum atomic E-state index is 14.1. The Morgan fingerprint density at radius 3 is 1.83 bits per heavy atom. The van der Waals surface area contributed by atoms with Gasteiger partial charge in [-0.3, -0.25) is 9.00 Å². The number of Topliss-reactive ketones (excluding diaryl/α,β-unsaturated/α-hetero) is 1. The first-order valence-corrected chi connectivity index (χ1v) is 11.7. The predicted octanol–water partition coefficient (Wildman–Crippen LogP) is 5.05. The molecule has 0 radical (unpaired) electrons. The second kappa shape index (κ2) is 6.25. The van der Waals surface area contributed by atoms with Crippen LogP contribution in [0.5, 0.6) is 0 Å². The Bertz CT molecular complexity index is 1030. The fraction of sp³-hybridized carbons (Fsp3) is 0.423. The van der Waals surface area contributed by atoms with Gasteiger partial charge < -0.3 is 0 Å². The van der Waals surface area contributed by atoms with E-state index in [1.807, 2.05) is 12.1 Å². The number of carbonyl (C=O) groups excluding carboxylic acids is 1. The van der Waals surface area contributed by atoms with Crippen LogP contribution in [0.1, 0.15) is 44.7 Å². The van der Waals surface area contributed by atoms with Crippen LogP contribution in [0.4, 0.5) is 0 Å². The minimum atomic E-state index is -1.09. The van der Waals surface area contributed by atoms with E-state index in [-0.39, 0.29) is 17.1 Å². The van der Waals surface area contributed by atoms with Crippen molar-refractivity contribution in [3.8, 4) is 0 Å². The molecular formula is C26H28O2S. The van der Waals surface area contributed by atoms with Gasteiger partial charge in [-0.05, 0) is 68.7 Å². The number of hydrogen-bond acceptors (Lipinski definition) is 2. The lowest BCUT2D eigenvalue weighted by atomic mass is 9.59. The van der Waals surface area contributed by atoms with Crippen molar-refractivity contribution in [1.29, 1.82) is 0 Å². The highest BCUT2D eigenvalue weighted by molar-refractivity contribution is 7.89. The highest BCUT2D eigenvalue weighted by Crippen LogP contribution is 2.77. The van der Waals surface area contributed by atoms with Gasteiger partial charge in [-0.15, -0.1) is 0 Å². The molecule has 5 rings (SSSR count). The van der Waals surface area contributed by atoms with Crippen LogP contribution in [0.2, 0.25) is 0 Å². The second-order valence-electron chi connectivity index (χ2n) is 9.39. The molecule has 0 amide bonds. The van der Waals surface area contributed by atoms with E-state index in [2.05, 4.69) is 62.4 Å². The Hall–Kier alpha value is -2.00. The maximum Gasteiger partial charge on any atom is 0.135 e. The minimum Gasteiger partial charge on any atom is -0.300 e. The van der Waals surface area contributed by atoms with Crippen molar-refractivity contribution >= 4 is 16.6 Å². The molecule has 1 saturated carbocycles. The maximum absolute atomic E-state index is 14.1. The summed E-state index contributed by atoms with van der Waals surface area (Å²) in [6.45, 7) is 6.04. The Morgan fingerprint density at radius 1 is 0.897 bits per heavy atom. The molecule has 2 heterocycles. The van der Waals surface area contributed by atoms with E-state index in [0.29, 0.717) is 0 Å². The van der Waals surface area contributed by atoms with Crippen molar-refractivity contribution in [1.82, 2.24) is 0 Å². The Balaban J connectivity index is 1.72. The van der Waals surface area contributed by atoms with E-state index in [9.17, 15) is 9.00 Å². The van der Waals surface area contributed by atoms with Gasteiger partial charge in [0.05, 0.1) is 9.49 Å². The molecule has 2 unspecified atom stereocenters. The first-order valence-electron chi connectivity index (χ1n) is 10.6. The van der Waals surface area contributed by atoms with E-state index in [4.69, 9.17) is 0 Å². The van der Waals surface area contributed by atoms with Crippen LogP contribution < -0.4 is 0 Å². The number of fused-ring (bicyclic) bond motifs is 3. The van der Waals surface area contributed by atoms with Crippen molar-refractivity contribution in [3.05, 3.63) is 82.9 Å². The summed E-state index contributed by atoms with van der Waals surface area (Å²) in [6.07, 6.45) is 3.64. The minimum absolute atomic E-state index is 0.108. The van der Waals surface area contributed by atoms with Crippen molar-refractivity contribution in [2.45, 2.75) is 55.9 Å². The molecule has 1 spiro atoms. The van der Waals surface area contributed by atoms with Gasteiger partial charge in [0, 0.05) is 22.1 Å². The van der Waals surface area contributed by atoms with Gasteiger partial charge in [0.2, 0.25) is 0 Å². The van der Waals surface area contributed by atoms with Gasteiger partial charge in [0.15, 0.2) is 0 Å². The van der Waals surface area contributed by atoms with E-state index in [0.717, 1.165) is 25.7 Å². The summed E-state index contributed by atoms with van der Waals surface area (Å²) >= 11 is 0. The molecule has 1 saturated heterocycles. The molecule has 4 atom stereocenters. The molecule has 2 nitrogen and oxygen atoms in total. The number of carbonyl (C=O) groups is 1. The van der Waals surface area contributed by atoms with E-state index in [1.165, 1.54) is 22.3 Å². The fourth-order valence-electron chi connectivity index (χ4n) is 6.64. The molecule has 0 aromatic heterocycles. The molecular weight excluding hydrogens is 376 g/mol. The molecule has 3 aliphatic rings. The molecule has 0 N–H and O–H groups in total. The average molecular weight is 405 g/mol.